The van der Waals surface area contributed by atoms with Crippen molar-refractivity contribution in [3.63, 3.8) is 0 Å². The number of aryl methyl sites for hydroxylation is 1. The van der Waals surface area contributed by atoms with Gasteiger partial charge in [0.15, 0.2) is 0 Å². The predicted octanol–water partition coefficient (Wildman–Crippen LogP) is 5.34. The first-order chi connectivity index (χ1) is 8.11. The smallest absolute Gasteiger partial charge is 0.0762 e. The molecule has 1 nitrogen and oxygen atoms in total. The van der Waals surface area contributed by atoms with Crippen LogP contribution in [-0.2, 0) is 0 Å². The van der Waals surface area contributed by atoms with E-state index in [1.54, 1.807) is 11.3 Å². The molecule has 0 aromatic carbocycles. The molecular formula is C12H13Br2NS2. The van der Waals surface area contributed by atoms with Crippen LogP contribution in [0.5, 0.6) is 0 Å². The summed E-state index contributed by atoms with van der Waals surface area (Å²) in [5.74, 6) is 0. The van der Waals surface area contributed by atoms with E-state index in [0.717, 1.165) is 10.3 Å². The van der Waals surface area contributed by atoms with Crippen LogP contribution in [0.3, 0.4) is 0 Å². The molecule has 0 bridgehead atoms. The van der Waals surface area contributed by atoms with Crippen molar-refractivity contribution in [2.24, 2.45) is 0 Å². The zero-order chi connectivity index (χ0) is 12.4. The van der Waals surface area contributed by atoms with Gasteiger partial charge in [-0.3, -0.25) is 0 Å². The van der Waals surface area contributed by atoms with Crippen LogP contribution in [-0.4, -0.2) is 6.54 Å². The van der Waals surface area contributed by atoms with Crippen molar-refractivity contribution in [3.05, 3.63) is 41.1 Å². The molecule has 2 heterocycles. The number of hydrogen-bond donors (Lipinski definition) is 1. The van der Waals surface area contributed by atoms with Crippen molar-refractivity contribution in [1.29, 1.82) is 0 Å². The lowest BCUT2D eigenvalue weighted by Gasteiger charge is -2.15. The molecule has 5 heteroatoms. The fraction of sp³-hybridized carbons (Fsp3) is 0.333. The minimum absolute atomic E-state index is 0.288. The summed E-state index contributed by atoms with van der Waals surface area (Å²) in [5.41, 5.74) is 1.31. The Balaban J connectivity index is 2.38. The SMILES string of the molecule is CCNC(c1ccc(C)s1)c1cc(Br)sc1Br. The highest BCUT2D eigenvalue weighted by Gasteiger charge is 2.19. The molecule has 92 valence electrons. The molecular weight excluding hydrogens is 382 g/mol. The maximum absolute atomic E-state index is 3.64. The van der Waals surface area contributed by atoms with Crippen LogP contribution in [0.2, 0.25) is 0 Å². The predicted molar refractivity (Wildman–Crippen MR) is 84.3 cm³/mol. The number of nitrogens with one attached hydrogen (secondary N) is 1. The molecule has 1 unspecified atom stereocenters. The Bertz CT molecular complexity index is 504. The van der Waals surface area contributed by atoms with Gasteiger partial charge in [0, 0.05) is 15.3 Å². The third-order valence-electron chi connectivity index (χ3n) is 2.45. The van der Waals surface area contributed by atoms with Gasteiger partial charge in [-0.05, 0) is 63.5 Å². The van der Waals surface area contributed by atoms with Crippen molar-refractivity contribution < 1.29 is 0 Å². The van der Waals surface area contributed by atoms with E-state index < -0.39 is 0 Å². The van der Waals surface area contributed by atoms with Crippen LogP contribution in [0.25, 0.3) is 0 Å². The van der Waals surface area contributed by atoms with Gasteiger partial charge in [0.25, 0.3) is 0 Å². The average molecular weight is 395 g/mol. The molecule has 0 saturated heterocycles. The molecule has 2 aromatic heterocycles. The van der Waals surface area contributed by atoms with Gasteiger partial charge in [-0.15, -0.1) is 22.7 Å². The van der Waals surface area contributed by atoms with Gasteiger partial charge < -0.3 is 5.32 Å². The number of thiophene rings is 2. The van der Waals surface area contributed by atoms with Gasteiger partial charge in [0.1, 0.15) is 0 Å². The van der Waals surface area contributed by atoms with E-state index >= 15 is 0 Å². The standard InChI is InChI=1S/C12H13Br2NS2/c1-3-15-11(9-5-4-7(2)16-9)8-6-10(13)17-12(8)14/h4-6,11,15H,3H2,1-2H3. The third kappa shape index (κ3) is 3.20. The molecule has 0 spiro atoms. The molecule has 17 heavy (non-hydrogen) atoms. The summed E-state index contributed by atoms with van der Waals surface area (Å²) >= 11 is 10.8. The average Bonchev–Trinajstić information content (AvgIpc) is 2.82. The van der Waals surface area contributed by atoms with E-state index in [1.165, 1.54) is 19.1 Å². The van der Waals surface area contributed by atoms with Gasteiger partial charge in [-0.1, -0.05) is 6.92 Å². The van der Waals surface area contributed by atoms with Gasteiger partial charge in [0.05, 0.1) is 13.6 Å². The molecule has 1 N–H and O–H groups in total. The number of hydrogen-bond acceptors (Lipinski definition) is 3. The lowest BCUT2D eigenvalue weighted by Crippen LogP contribution is -2.20. The number of halogens is 2. The van der Waals surface area contributed by atoms with Crippen LogP contribution in [0.4, 0.5) is 0 Å². The first kappa shape index (κ1) is 13.7. The Morgan fingerprint density at radius 2 is 2.06 bits per heavy atom. The Hall–Kier alpha value is 0.320. The van der Waals surface area contributed by atoms with Gasteiger partial charge in [-0.2, -0.15) is 0 Å². The van der Waals surface area contributed by atoms with Crippen molar-refractivity contribution in [3.8, 4) is 0 Å². The van der Waals surface area contributed by atoms with Crippen LogP contribution < -0.4 is 5.32 Å². The second-order valence-corrected chi connectivity index (χ2v) is 8.79. The summed E-state index contributed by atoms with van der Waals surface area (Å²) < 4.78 is 2.36. The van der Waals surface area contributed by atoms with E-state index in [-0.39, 0.29) is 6.04 Å². The largest absolute Gasteiger partial charge is 0.306 e. The topological polar surface area (TPSA) is 12.0 Å². The molecule has 0 aliphatic heterocycles. The minimum Gasteiger partial charge on any atom is -0.306 e. The molecule has 2 rings (SSSR count). The maximum atomic E-state index is 3.64. The Morgan fingerprint density at radius 1 is 1.29 bits per heavy atom. The molecule has 0 radical (unpaired) electrons. The van der Waals surface area contributed by atoms with E-state index in [9.17, 15) is 0 Å². The molecule has 0 fully saturated rings. The summed E-state index contributed by atoms with van der Waals surface area (Å²) in [7, 11) is 0. The van der Waals surface area contributed by atoms with Gasteiger partial charge >= 0.3 is 0 Å². The summed E-state index contributed by atoms with van der Waals surface area (Å²) in [4.78, 5) is 2.73. The second-order valence-electron chi connectivity index (χ2n) is 3.72. The van der Waals surface area contributed by atoms with Crippen LogP contribution >= 0.6 is 54.5 Å². The summed E-state index contributed by atoms with van der Waals surface area (Å²) in [6.07, 6.45) is 0. The monoisotopic (exact) mass is 393 g/mol. The zero-order valence-electron chi connectivity index (χ0n) is 9.59. The normalized spacial score (nSPS) is 12.9. The fourth-order valence-corrected chi connectivity index (χ4v) is 5.60. The lowest BCUT2D eigenvalue weighted by atomic mass is 10.1. The molecule has 0 amide bonds. The Morgan fingerprint density at radius 3 is 2.53 bits per heavy atom. The highest BCUT2D eigenvalue weighted by molar-refractivity contribution is 9.12. The van der Waals surface area contributed by atoms with Crippen LogP contribution in [0.15, 0.2) is 25.8 Å². The highest BCUT2D eigenvalue weighted by Crippen LogP contribution is 2.39. The van der Waals surface area contributed by atoms with Crippen molar-refractivity contribution in [2.45, 2.75) is 19.9 Å². The molecule has 0 aliphatic carbocycles. The van der Waals surface area contributed by atoms with Crippen molar-refractivity contribution in [1.82, 2.24) is 5.32 Å². The molecule has 2 aromatic rings. The second kappa shape index (κ2) is 5.97. The van der Waals surface area contributed by atoms with E-state index in [0.29, 0.717) is 0 Å². The maximum Gasteiger partial charge on any atom is 0.0762 e. The lowest BCUT2D eigenvalue weighted by molar-refractivity contribution is 0.639. The minimum atomic E-state index is 0.288. The third-order valence-corrected chi connectivity index (χ3v) is 5.90. The quantitative estimate of drug-likeness (QED) is 0.737. The summed E-state index contributed by atoms with van der Waals surface area (Å²) in [6.45, 7) is 5.25. The van der Waals surface area contributed by atoms with Crippen LogP contribution in [0, 0.1) is 6.92 Å². The fourth-order valence-electron chi connectivity index (χ4n) is 1.73. The van der Waals surface area contributed by atoms with Gasteiger partial charge in [-0.25, -0.2) is 0 Å². The highest BCUT2D eigenvalue weighted by atomic mass is 79.9. The summed E-state index contributed by atoms with van der Waals surface area (Å²) in [5, 5.41) is 3.55. The Kier molecular flexibility index (Phi) is 4.83. The van der Waals surface area contributed by atoms with Crippen LogP contribution in [0.1, 0.15) is 28.3 Å². The van der Waals surface area contributed by atoms with E-state index in [4.69, 9.17) is 0 Å². The molecule has 0 saturated carbocycles. The number of rotatable bonds is 4. The van der Waals surface area contributed by atoms with E-state index in [1.807, 2.05) is 11.3 Å². The first-order valence-corrected chi connectivity index (χ1v) is 8.58. The van der Waals surface area contributed by atoms with E-state index in [2.05, 4.69) is 69.2 Å². The molecule has 1 atom stereocenters. The zero-order valence-corrected chi connectivity index (χ0v) is 14.4. The van der Waals surface area contributed by atoms with Gasteiger partial charge in [0.2, 0.25) is 0 Å². The summed E-state index contributed by atoms with van der Waals surface area (Å²) in [6, 6.07) is 6.87. The molecule has 0 aliphatic rings. The van der Waals surface area contributed by atoms with Crippen molar-refractivity contribution in [2.75, 3.05) is 6.54 Å². The first-order valence-electron chi connectivity index (χ1n) is 5.36. The Labute approximate surface area is 127 Å². The van der Waals surface area contributed by atoms with Crippen molar-refractivity contribution >= 4 is 54.5 Å².